The van der Waals surface area contributed by atoms with Crippen molar-refractivity contribution in [2.45, 2.75) is 37.5 Å². The van der Waals surface area contributed by atoms with Crippen LogP contribution < -0.4 is 9.46 Å². The second-order valence-electron chi connectivity index (χ2n) is 6.92. The van der Waals surface area contributed by atoms with Crippen LogP contribution in [-0.2, 0) is 23.6 Å². The third-order valence-electron chi connectivity index (χ3n) is 3.94. The van der Waals surface area contributed by atoms with Gasteiger partial charge in [-0.3, -0.25) is 0 Å². The van der Waals surface area contributed by atoms with Crippen molar-refractivity contribution in [2.24, 2.45) is 12.5 Å². The molecule has 1 unspecified atom stereocenters. The van der Waals surface area contributed by atoms with Gasteiger partial charge in [0.25, 0.3) is 0 Å². The van der Waals surface area contributed by atoms with Gasteiger partial charge in [-0.05, 0) is 0 Å². The van der Waals surface area contributed by atoms with Crippen LogP contribution in [0.25, 0.3) is 0 Å². The smallest absolute Gasteiger partial charge is 0.411 e. The molecule has 3 rings (SSSR count). The van der Waals surface area contributed by atoms with Crippen molar-refractivity contribution in [3.05, 3.63) is 24.4 Å². The van der Waals surface area contributed by atoms with Crippen molar-refractivity contribution in [2.75, 3.05) is 6.61 Å². The predicted octanol–water partition coefficient (Wildman–Crippen LogP) is 1.62. The first-order valence-corrected chi connectivity index (χ1v) is 9.14. The number of aryl methyl sites for hydroxylation is 1. The van der Waals surface area contributed by atoms with Crippen LogP contribution >= 0.6 is 0 Å². The van der Waals surface area contributed by atoms with Crippen LogP contribution in [0, 0.1) is 5.41 Å². The highest BCUT2D eigenvalue weighted by Crippen LogP contribution is 2.36. The highest BCUT2D eigenvalue weighted by Gasteiger charge is 2.47. The number of aromatic nitrogens is 4. The zero-order chi connectivity index (χ0) is 19.3. The maximum atomic E-state index is 13.4. The lowest BCUT2D eigenvalue weighted by molar-refractivity contribution is -0.155. The summed E-state index contributed by atoms with van der Waals surface area (Å²) < 4.78 is 75.1. The largest absolute Gasteiger partial charge is 0.476 e. The van der Waals surface area contributed by atoms with Crippen molar-refractivity contribution in [1.82, 2.24) is 24.1 Å². The first-order chi connectivity index (χ1) is 11.9. The molecule has 1 atom stereocenters. The Kier molecular flexibility index (Phi) is 4.30. The van der Waals surface area contributed by atoms with E-state index in [1.807, 2.05) is 13.8 Å². The minimum Gasteiger partial charge on any atom is -0.476 e. The molecule has 12 heteroatoms. The number of halogens is 3. The van der Waals surface area contributed by atoms with Crippen LogP contribution in [0.1, 0.15) is 25.7 Å². The standard InChI is InChI=1S/C14H18F3N5O3S/c1-13(2)7-22-12(25-8-13)9(6-19-22)26(23,24)20-10(14(15,16)17)11-18-4-5-21(11)3/h4-6,10,20H,7-8H2,1-3H3. The maximum absolute atomic E-state index is 13.4. The van der Waals surface area contributed by atoms with Gasteiger partial charge in [0, 0.05) is 24.9 Å². The van der Waals surface area contributed by atoms with Crippen molar-refractivity contribution in [1.29, 1.82) is 0 Å². The topological polar surface area (TPSA) is 91.0 Å². The third-order valence-corrected chi connectivity index (χ3v) is 5.35. The van der Waals surface area contributed by atoms with Gasteiger partial charge < -0.3 is 9.30 Å². The quantitative estimate of drug-likeness (QED) is 0.852. The molecule has 0 saturated heterocycles. The van der Waals surface area contributed by atoms with E-state index in [4.69, 9.17) is 4.74 Å². The summed E-state index contributed by atoms with van der Waals surface area (Å²) in [6.45, 7) is 4.43. The molecule has 1 aliphatic rings. The molecule has 144 valence electrons. The van der Waals surface area contributed by atoms with Crippen LogP contribution in [0.4, 0.5) is 13.2 Å². The van der Waals surface area contributed by atoms with Crippen molar-refractivity contribution >= 4 is 10.0 Å². The molecule has 3 heterocycles. The van der Waals surface area contributed by atoms with E-state index in [1.165, 1.54) is 17.9 Å². The summed E-state index contributed by atoms with van der Waals surface area (Å²) in [5.74, 6) is -0.540. The highest BCUT2D eigenvalue weighted by molar-refractivity contribution is 7.89. The van der Waals surface area contributed by atoms with Gasteiger partial charge in [0.2, 0.25) is 15.9 Å². The summed E-state index contributed by atoms with van der Waals surface area (Å²) in [5, 5.41) is 3.94. The lowest BCUT2D eigenvalue weighted by atomic mass is 9.94. The molecule has 0 aromatic carbocycles. The SMILES string of the molecule is Cn1ccnc1C(NS(=O)(=O)c1cnn2c1OCC(C)(C)C2)C(F)(F)F. The number of hydrogen-bond donors (Lipinski definition) is 1. The van der Waals surface area contributed by atoms with Crippen LogP contribution in [0.15, 0.2) is 23.5 Å². The van der Waals surface area contributed by atoms with Gasteiger partial charge in [0.15, 0.2) is 10.9 Å². The van der Waals surface area contributed by atoms with E-state index < -0.39 is 33.0 Å². The van der Waals surface area contributed by atoms with E-state index >= 15 is 0 Å². The summed E-state index contributed by atoms with van der Waals surface area (Å²) in [6.07, 6.45) is -1.42. The van der Waals surface area contributed by atoms with Gasteiger partial charge in [0.1, 0.15) is 5.82 Å². The van der Waals surface area contributed by atoms with Crippen LogP contribution in [0.3, 0.4) is 0 Å². The minimum atomic E-state index is -4.87. The van der Waals surface area contributed by atoms with E-state index in [0.29, 0.717) is 6.54 Å². The summed E-state index contributed by atoms with van der Waals surface area (Å²) in [4.78, 5) is 3.18. The molecule has 0 fully saturated rings. The molecule has 0 saturated carbocycles. The minimum absolute atomic E-state index is 0.0717. The van der Waals surface area contributed by atoms with Gasteiger partial charge in [-0.25, -0.2) is 18.1 Å². The maximum Gasteiger partial charge on any atom is 0.411 e. The number of hydrogen-bond acceptors (Lipinski definition) is 5. The molecule has 0 aliphatic carbocycles. The van der Waals surface area contributed by atoms with Gasteiger partial charge in [-0.2, -0.15) is 23.0 Å². The van der Waals surface area contributed by atoms with Crippen LogP contribution in [0.5, 0.6) is 5.88 Å². The summed E-state index contributed by atoms with van der Waals surface area (Å²) in [7, 11) is -3.20. The molecule has 26 heavy (non-hydrogen) atoms. The Labute approximate surface area is 148 Å². The summed E-state index contributed by atoms with van der Waals surface area (Å²) in [6, 6.07) is -2.50. The molecule has 2 aromatic rings. The number of alkyl halides is 3. The molecule has 0 radical (unpaired) electrons. The zero-order valence-corrected chi connectivity index (χ0v) is 15.1. The van der Waals surface area contributed by atoms with E-state index in [1.54, 1.807) is 4.72 Å². The van der Waals surface area contributed by atoms with Gasteiger partial charge in [-0.15, -0.1) is 0 Å². The molecule has 0 amide bonds. The van der Waals surface area contributed by atoms with Crippen molar-refractivity contribution in [3.63, 3.8) is 0 Å². The number of imidazole rings is 1. The fourth-order valence-electron chi connectivity index (χ4n) is 2.65. The molecule has 2 aromatic heterocycles. The Balaban J connectivity index is 1.96. The lowest BCUT2D eigenvalue weighted by Crippen LogP contribution is -2.40. The highest BCUT2D eigenvalue weighted by atomic mass is 32.2. The van der Waals surface area contributed by atoms with Gasteiger partial charge in [0.05, 0.1) is 19.3 Å². The molecular weight excluding hydrogens is 375 g/mol. The number of nitrogens with zero attached hydrogens (tertiary/aromatic N) is 4. The number of ether oxygens (including phenoxy) is 1. The van der Waals surface area contributed by atoms with E-state index in [2.05, 4.69) is 10.1 Å². The average molecular weight is 393 g/mol. The van der Waals surface area contributed by atoms with Gasteiger partial charge in [-0.1, -0.05) is 13.8 Å². The van der Waals surface area contributed by atoms with Crippen molar-refractivity contribution < 1.29 is 26.3 Å². The first kappa shape index (κ1) is 18.7. The fourth-order valence-corrected chi connectivity index (χ4v) is 3.91. The van der Waals surface area contributed by atoms with Crippen LogP contribution in [-0.4, -0.2) is 40.5 Å². The summed E-state index contributed by atoms with van der Waals surface area (Å²) >= 11 is 0. The average Bonchev–Trinajstić information content (AvgIpc) is 3.08. The number of rotatable bonds is 4. The van der Waals surface area contributed by atoms with E-state index in [9.17, 15) is 21.6 Å². The third kappa shape index (κ3) is 3.43. The monoisotopic (exact) mass is 393 g/mol. The van der Waals surface area contributed by atoms with Crippen LogP contribution in [0.2, 0.25) is 0 Å². The molecule has 0 spiro atoms. The number of sulfonamides is 1. The Morgan fingerprint density at radius 3 is 2.65 bits per heavy atom. The summed E-state index contributed by atoms with van der Waals surface area (Å²) in [5.41, 5.74) is -0.269. The molecule has 1 aliphatic heterocycles. The zero-order valence-electron chi connectivity index (χ0n) is 14.3. The Hall–Kier alpha value is -2.08. The number of fused-ring (bicyclic) bond motifs is 1. The predicted molar refractivity (Wildman–Crippen MR) is 83.8 cm³/mol. The fraction of sp³-hybridized carbons (Fsp3) is 0.571. The molecule has 1 N–H and O–H groups in total. The van der Waals surface area contributed by atoms with Gasteiger partial charge >= 0.3 is 6.18 Å². The Morgan fingerprint density at radius 2 is 2.08 bits per heavy atom. The normalized spacial score (nSPS) is 18.2. The second kappa shape index (κ2) is 5.98. The first-order valence-electron chi connectivity index (χ1n) is 7.66. The molecule has 0 bridgehead atoms. The van der Waals surface area contributed by atoms with E-state index in [0.717, 1.165) is 17.0 Å². The second-order valence-corrected chi connectivity index (χ2v) is 8.60. The van der Waals surface area contributed by atoms with E-state index in [-0.39, 0.29) is 17.9 Å². The lowest BCUT2D eigenvalue weighted by Gasteiger charge is -2.30. The number of nitrogens with one attached hydrogen (secondary N) is 1. The molecule has 8 nitrogen and oxygen atoms in total. The van der Waals surface area contributed by atoms with Crippen molar-refractivity contribution in [3.8, 4) is 5.88 Å². The molecular formula is C14H18F3N5O3S. The Bertz CT molecular complexity index is 917. The Morgan fingerprint density at radius 1 is 1.38 bits per heavy atom.